The van der Waals surface area contributed by atoms with Gasteiger partial charge in [0.1, 0.15) is 5.60 Å². The summed E-state index contributed by atoms with van der Waals surface area (Å²) in [7, 11) is 0. The van der Waals surface area contributed by atoms with E-state index in [0.717, 1.165) is 12.1 Å². The van der Waals surface area contributed by atoms with Crippen LogP contribution in [0.25, 0.3) is 10.9 Å². The molecule has 1 N–H and O–H groups in total. The number of halogens is 3. The second-order valence-corrected chi connectivity index (χ2v) is 5.92. The Morgan fingerprint density at radius 2 is 1.92 bits per heavy atom. The standard InChI is InChI=1S/C17H14F3N3O2/c1-16(25,11-3-2-4-12(7-11)17(18,19)20)9-23-10-22-14-8-21-6-5-13(14)15(23)24/h2-8,10,25H,9H2,1H3/t16-/m1/s1. The van der Waals surface area contributed by atoms with Gasteiger partial charge >= 0.3 is 6.18 Å². The highest BCUT2D eigenvalue weighted by Crippen LogP contribution is 2.32. The Labute approximate surface area is 140 Å². The summed E-state index contributed by atoms with van der Waals surface area (Å²) in [6, 6.07) is 5.91. The van der Waals surface area contributed by atoms with Crippen molar-refractivity contribution < 1.29 is 18.3 Å². The highest BCUT2D eigenvalue weighted by atomic mass is 19.4. The lowest BCUT2D eigenvalue weighted by molar-refractivity contribution is -0.137. The van der Waals surface area contributed by atoms with Crippen molar-refractivity contribution in [1.29, 1.82) is 0 Å². The van der Waals surface area contributed by atoms with Crippen molar-refractivity contribution in [2.75, 3.05) is 0 Å². The monoisotopic (exact) mass is 349 g/mol. The predicted molar refractivity (Wildman–Crippen MR) is 84.8 cm³/mol. The maximum atomic E-state index is 12.9. The van der Waals surface area contributed by atoms with E-state index in [1.54, 1.807) is 0 Å². The van der Waals surface area contributed by atoms with E-state index in [1.807, 2.05) is 0 Å². The largest absolute Gasteiger partial charge is 0.416 e. The molecular weight excluding hydrogens is 335 g/mol. The number of rotatable bonds is 3. The third kappa shape index (κ3) is 3.39. The van der Waals surface area contributed by atoms with Gasteiger partial charge in [-0.25, -0.2) is 4.98 Å². The fourth-order valence-electron chi connectivity index (χ4n) is 2.58. The first-order chi connectivity index (χ1) is 11.7. The van der Waals surface area contributed by atoms with Crippen molar-refractivity contribution in [3.63, 3.8) is 0 Å². The number of pyridine rings is 1. The molecule has 5 nitrogen and oxygen atoms in total. The molecule has 0 aliphatic carbocycles. The average Bonchev–Trinajstić information content (AvgIpc) is 2.57. The minimum Gasteiger partial charge on any atom is -0.384 e. The molecule has 8 heteroatoms. The van der Waals surface area contributed by atoms with Crippen molar-refractivity contribution in [3.05, 3.63) is 70.5 Å². The topological polar surface area (TPSA) is 68.0 Å². The Kier molecular flexibility index (Phi) is 4.08. The summed E-state index contributed by atoms with van der Waals surface area (Å²) in [5, 5.41) is 11.0. The first-order valence-corrected chi connectivity index (χ1v) is 7.38. The summed E-state index contributed by atoms with van der Waals surface area (Å²) in [5.41, 5.74) is -2.49. The average molecular weight is 349 g/mol. The lowest BCUT2D eigenvalue weighted by atomic mass is 9.94. The van der Waals surface area contributed by atoms with Crippen LogP contribution in [-0.2, 0) is 18.3 Å². The summed E-state index contributed by atoms with van der Waals surface area (Å²) in [5.74, 6) is 0. The Balaban J connectivity index is 2.00. The molecule has 0 saturated heterocycles. The van der Waals surface area contributed by atoms with Gasteiger partial charge in [-0.1, -0.05) is 12.1 Å². The molecule has 3 aromatic rings. The second kappa shape index (κ2) is 5.96. The maximum absolute atomic E-state index is 12.9. The SMILES string of the molecule is C[C@@](O)(Cn1cnc2cnccc2c1=O)c1cccc(C(F)(F)F)c1. The summed E-state index contributed by atoms with van der Waals surface area (Å²) in [6.45, 7) is 1.12. The zero-order chi connectivity index (χ0) is 18.2. The van der Waals surface area contributed by atoms with E-state index in [-0.39, 0.29) is 12.1 Å². The quantitative estimate of drug-likeness (QED) is 0.789. The molecule has 0 spiro atoms. The zero-order valence-electron chi connectivity index (χ0n) is 13.2. The minimum atomic E-state index is -4.51. The smallest absolute Gasteiger partial charge is 0.384 e. The Morgan fingerprint density at radius 1 is 1.20 bits per heavy atom. The lowest BCUT2D eigenvalue weighted by Crippen LogP contribution is -2.33. The first kappa shape index (κ1) is 17.1. The van der Waals surface area contributed by atoms with Gasteiger partial charge in [-0.2, -0.15) is 13.2 Å². The summed E-state index contributed by atoms with van der Waals surface area (Å²) >= 11 is 0. The van der Waals surface area contributed by atoms with Crippen LogP contribution >= 0.6 is 0 Å². The van der Waals surface area contributed by atoms with Crippen LogP contribution in [-0.4, -0.2) is 19.6 Å². The highest BCUT2D eigenvalue weighted by Gasteiger charge is 2.33. The highest BCUT2D eigenvalue weighted by molar-refractivity contribution is 5.75. The van der Waals surface area contributed by atoms with Gasteiger partial charge in [0.05, 0.1) is 35.5 Å². The molecule has 0 aliphatic heterocycles. The first-order valence-electron chi connectivity index (χ1n) is 7.38. The summed E-state index contributed by atoms with van der Waals surface area (Å²) in [4.78, 5) is 20.4. The van der Waals surface area contributed by atoms with E-state index in [4.69, 9.17) is 0 Å². The number of hydrogen-bond donors (Lipinski definition) is 1. The molecule has 1 aromatic carbocycles. The number of fused-ring (bicyclic) bond motifs is 1. The zero-order valence-corrected chi connectivity index (χ0v) is 13.2. The molecule has 25 heavy (non-hydrogen) atoms. The van der Waals surface area contributed by atoms with Crippen LogP contribution in [0.15, 0.2) is 53.8 Å². The molecule has 0 bridgehead atoms. The maximum Gasteiger partial charge on any atom is 0.416 e. The molecule has 3 rings (SSSR count). The fourth-order valence-corrected chi connectivity index (χ4v) is 2.58. The number of benzene rings is 1. The van der Waals surface area contributed by atoms with Crippen molar-refractivity contribution in [2.45, 2.75) is 25.2 Å². The van der Waals surface area contributed by atoms with E-state index in [0.29, 0.717) is 10.9 Å². The van der Waals surface area contributed by atoms with Crippen LogP contribution in [0.2, 0.25) is 0 Å². The van der Waals surface area contributed by atoms with E-state index < -0.39 is 22.9 Å². The van der Waals surface area contributed by atoms with E-state index >= 15 is 0 Å². The molecule has 130 valence electrons. The Morgan fingerprint density at radius 3 is 2.64 bits per heavy atom. The van der Waals surface area contributed by atoms with Gasteiger partial charge in [-0.05, 0) is 30.7 Å². The number of nitrogens with zero attached hydrogens (tertiary/aromatic N) is 3. The van der Waals surface area contributed by atoms with Crippen molar-refractivity contribution >= 4 is 10.9 Å². The molecular formula is C17H14F3N3O2. The molecule has 0 aliphatic rings. The lowest BCUT2D eigenvalue weighted by Gasteiger charge is -2.25. The minimum absolute atomic E-state index is 0.0593. The molecule has 0 fully saturated rings. The summed E-state index contributed by atoms with van der Waals surface area (Å²) < 4.78 is 39.8. The van der Waals surface area contributed by atoms with E-state index in [9.17, 15) is 23.1 Å². The number of hydrogen-bond acceptors (Lipinski definition) is 4. The van der Waals surface area contributed by atoms with Gasteiger partial charge < -0.3 is 5.11 Å². The van der Waals surface area contributed by atoms with E-state index in [2.05, 4.69) is 9.97 Å². The molecule has 1 atom stereocenters. The van der Waals surface area contributed by atoms with Crippen molar-refractivity contribution in [1.82, 2.24) is 14.5 Å². The van der Waals surface area contributed by atoms with E-state index in [1.165, 1.54) is 48.4 Å². The van der Waals surface area contributed by atoms with Crippen LogP contribution in [0, 0.1) is 0 Å². The molecule has 0 saturated carbocycles. The van der Waals surface area contributed by atoms with Crippen LogP contribution in [0.1, 0.15) is 18.1 Å². The molecule has 2 aromatic heterocycles. The molecule has 0 unspecified atom stereocenters. The molecule has 0 amide bonds. The van der Waals surface area contributed by atoms with Gasteiger partial charge in [0.2, 0.25) is 0 Å². The summed E-state index contributed by atoms with van der Waals surface area (Å²) in [6.07, 6.45) is -0.387. The van der Waals surface area contributed by atoms with Gasteiger partial charge in [-0.3, -0.25) is 14.3 Å². The van der Waals surface area contributed by atoms with Crippen LogP contribution in [0.4, 0.5) is 13.2 Å². The fraction of sp³-hybridized carbons (Fsp3) is 0.235. The third-order valence-electron chi connectivity index (χ3n) is 3.92. The molecule has 0 radical (unpaired) electrons. The van der Waals surface area contributed by atoms with Crippen molar-refractivity contribution in [2.24, 2.45) is 0 Å². The van der Waals surface area contributed by atoms with Crippen LogP contribution in [0.3, 0.4) is 0 Å². The van der Waals surface area contributed by atoms with Crippen molar-refractivity contribution in [3.8, 4) is 0 Å². The Hall–Kier alpha value is -2.74. The van der Waals surface area contributed by atoms with Crippen LogP contribution in [0.5, 0.6) is 0 Å². The predicted octanol–water partition coefficient (Wildman–Crippen LogP) is 2.72. The Bertz CT molecular complexity index is 981. The second-order valence-electron chi connectivity index (χ2n) is 5.92. The van der Waals surface area contributed by atoms with Gasteiger partial charge in [-0.15, -0.1) is 0 Å². The van der Waals surface area contributed by atoms with Crippen LogP contribution < -0.4 is 5.56 Å². The number of aliphatic hydroxyl groups is 1. The number of aromatic nitrogens is 3. The van der Waals surface area contributed by atoms with Gasteiger partial charge in [0, 0.05) is 6.20 Å². The number of alkyl halides is 3. The third-order valence-corrected chi connectivity index (χ3v) is 3.92. The van der Waals surface area contributed by atoms with Gasteiger partial charge in [0.15, 0.2) is 0 Å². The molecule has 2 heterocycles. The van der Waals surface area contributed by atoms with Gasteiger partial charge in [0.25, 0.3) is 5.56 Å². The normalized spacial score (nSPS) is 14.4.